The number of amidine groups is 1. The third-order valence-electron chi connectivity index (χ3n) is 2.15. The van der Waals surface area contributed by atoms with Crippen molar-refractivity contribution in [1.82, 2.24) is 4.98 Å². The Kier molecular flexibility index (Phi) is 4.00. The van der Waals surface area contributed by atoms with E-state index in [1.54, 1.807) is 6.20 Å². The average Bonchev–Trinajstić information content (AvgIpc) is 2.30. The number of nitrogens with zero attached hydrogens (tertiary/aromatic N) is 1. The summed E-state index contributed by atoms with van der Waals surface area (Å²) in [6, 6.07) is 7.94. The number of hydrogen-bond donors (Lipinski definition) is 2. The van der Waals surface area contributed by atoms with E-state index in [9.17, 15) is 0 Å². The van der Waals surface area contributed by atoms with Gasteiger partial charge in [-0.3, -0.25) is 10.4 Å². The molecule has 84 valence electrons. The highest BCUT2D eigenvalue weighted by atomic mass is 14.8. The largest absolute Gasteiger partial charge is 0.382 e. The van der Waals surface area contributed by atoms with Crippen LogP contribution in [0.25, 0.3) is 10.8 Å². The molecule has 2 rings (SSSR count). The SMILES string of the molecule is CC.Cc1ccc2cc(C(=N)N)ncc2c1. The number of nitrogen functional groups attached to an aromatic ring is 1. The molecular formula is C13H17N3. The minimum atomic E-state index is 0.00692. The van der Waals surface area contributed by atoms with E-state index < -0.39 is 0 Å². The molecule has 2 aromatic rings. The Hall–Kier alpha value is -1.90. The molecule has 0 bridgehead atoms. The van der Waals surface area contributed by atoms with E-state index in [0.717, 1.165) is 10.8 Å². The molecule has 16 heavy (non-hydrogen) atoms. The number of pyridine rings is 1. The van der Waals surface area contributed by atoms with Crippen molar-refractivity contribution in [1.29, 1.82) is 5.41 Å². The number of rotatable bonds is 1. The van der Waals surface area contributed by atoms with Gasteiger partial charge < -0.3 is 5.73 Å². The first-order valence-corrected chi connectivity index (χ1v) is 5.37. The third-order valence-corrected chi connectivity index (χ3v) is 2.15. The molecule has 1 aromatic heterocycles. The summed E-state index contributed by atoms with van der Waals surface area (Å²) in [4.78, 5) is 4.10. The molecule has 0 saturated carbocycles. The molecule has 0 fully saturated rings. The first-order chi connectivity index (χ1) is 7.66. The van der Waals surface area contributed by atoms with Crippen LogP contribution >= 0.6 is 0 Å². The van der Waals surface area contributed by atoms with Gasteiger partial charge in [-0.15, -0.1) is 0 Å². The molecular weight excluding hydrogens is 198 g/mol. The smallest absolute Gasteiger partial charge is 0.141 e. The standard InChI is InChI=1S/C11H11N3.C2H6/c1-7-2-3-8-5-10(11(12)13)14-6-9(8)4-7;1-2/h2-6H,1H3,(H3,12,13);1-2H3. The summed E-state index contributed by atoms with van der Waals surface area (Å²) in [5.74, 6) is 0.00692. The molecule has 1 heterocycles. The molecule has 0 unspecified atom stereocenters. The molecule has 0 aliphatic heterocycles. The van der Waals surface area contributed by atoms with Crippen LogP contribution in [0.15, 0.2) is 30.5 Å². The van der Waals surface area contributed by atoms with E-state index in [-0.39, 0.29) is 5.84 Å². The van der Waals surface area contributed by atoms with Crippen LogP contribution < -0.4 is 5.73 Å². The summed E-state index contributed by atoms with van der Waals surface area (Å²) < 4.78 is 0. The molecule has 0 aliphatic carbocycles. The Morgan fingerprint density at radius 3 is 2.50 bits per heavy atom. The Morgan fingerprint density at radius 2 is 1.88 bits per heavy atom. The zero-order valence-electron chi connectivity index (χ0n) is 9.91. The van der Waals surface area contributed by atoms with Crippen molar-refractivity contribution in [2.45, 2.75) is 20.8 Å². The van der Waals surface area contributed by atoms with Gasteiger partial charge in [-0.05, 0) is 24.4 Å². The lowest BCUT2D eigenvalue weighted by atomic mass is 10.1. The van der Waals surface area contributed by atoms with Crippen molar-refractivity contribution >= 4 is 16.6 Å². The maximum atomic E-state index is 7.27. The molecule has 1 aromatic carbocycles. The number of hydrogen-bond acceptors (Lipinski definition) is 2. The quantitative estimate of drug-likeness (QED) is 0.567. The van der Waals surface area contributed by atoms with Gasteiger partial charge >= 0.3 is 0 Å². The fourth-order valence-electron chi connectivity index (χ4n) is 1.41. The Bertz CT molecular complexity index is 504. The Morgan fingerprint density at radius 1 is 1.19 bits per heavy atom. The van der Waals surface area contributed by atoms with Crippen LogP contribution in [-0.4, -0.2) is 10.8 Å². The predicted molar refractivity (Wildman–Crippen MR) is 68.8 cm³/mol. The van der Waals surface area contributed by atoms with Gasteiger partial charge in [-0.2, -0.15) is 0 Å². The van der Waals surface area contributed by atoms with E-state index in [1.165, 1.54) is 5.56 Å². The number of benzene rings is 1. The zero-order chi connectivity index (χ0) is 12.1. The first kappa shape index (κ1) is 12.2. The van der Waals surface area contributed by atoms with Crippen LogP contribution in [0.4, 0.5) is 0 Å². The van der Waals surface area contributed by atoms with Crippen molar-refractivity contribution in [3.63, 3.8) is 0 Å². The molecule has 0 spiro atoms. The number of fused-ring (bicyclic) bond motifs is 1. The second-order valence-corrected chi connectivity index (χ2v) is 3.33. The normalized spacial score (nSPS) is 9.44. The lowest BCUT2D eigenvalue weighted by molar-refractivity contribution is 1.28. The van der Waals surface area contributed by atoms with Gasteiger partial charge in [-0.1, -0.05) is 31.5 Å². The van der Waals surface area contributed by atoms with Crippen molar-refractivity contribution in [2.24, 2.45) is 5.73 Å². The summed E-state index contributed by atoms with van der Waals surface area (Å²) in [7, 11) is 0. The fourth-order valence-corrected chi connectivity index (χ4v) is 1.41. The number of nitrogens with two attached hydrogens (primary N) is 1. The van der Waals surface area contributed by atoms with Gasteiger partial charge in [0.2, 0.25) is 0 Å². The summed E-state index contributed by atoms with van der Waals surface area (Å²) in [5, 5.41) is 9.41. The molecule has 0 amide bonds. The monoisotopic (exact) mass is 215 g/mol. The van der Waals surface area contributed by atoms with Gasteiger partial charge in [0.25, 0.3) is 0 Å². The van der Waals surface area contributed by atoms with E-state index >= 15 is 0 Å². The van der Waals surface area contributed by atoms with E-state index in [1.807, 2.05) is 39.0 Å². The average molecular weight is 215 g/mol. The van der Waals surface area contributed by atoms with Crippen LogP contribution in [0.3, 0.4) is 0 Å². The summed E-state index contributed by atoms with van der Waals surface area (Å²) in [6.45, 7) is 6.04. The van der Waals surface area contributed by atoms with Gasteiger partial charge in [0.05, 0.1) is 0 Å². The maximum absolute atomic E-state index is 7.27. The van der Waals surface area contributed by atoms with Crippen molar-refractivity contribution < 1.29 is 0 Å². The van der Waals surface area contributed by atoms with E-state index in [2.05, 4.69) is 11.1 Å². The highest BCUT2D eigenvalue weighted by Crippen LogP contribution is 2.15. The van der Waals surface area contributed by atoms with Crippen LogP contribution in [0.1, 0.15) is 25.1 Å². The van der Waals surface area contributed by atoms with Crippen molar-refractivity contribution in [3.05, 3.63) is 41.7 Å². The number of nitrogens with one attached hydrogen (secondary N) is 1. The maximum Gasteiger partial charge on any atom is 0.141 e. The molecule has 0 radical (unpaired) electrons. The van der Waals surface area contributed by atoms with Crippen molar-refractivity contribution in [2.75, 3.05) is 0 Å². The second kappa shape index (κ2) is 5.26. The van der Waals surface area contributed by atoms with Gasteiger partial charge in [0.1, 0.15) is 11.5 Å². The topological polar surface area (TPSA) is 62.8 Å². The zero-order valence-corrected chi connectivity index (χ0v) is 9.91. The molecule has 0 aliphatic rings. The summed E-state index contributed by atoms with van der Waals surface area (Å²) in [5.41, 5.74) is 7.09. The van der Waals surface area contributed by atoms with Gasteiger partial charge in [-0.25, -0.2) is 0 Å². The Balaban J connectivity index is 0.000000606. The first-order valence-electron chi connectivity index (χ1n) is 5.37. The van der Waals surface area contributed by atoms with Crippen LogP contribution in [-0.2, 0) is 0 Å². The highest BCUT2D eigenvalue weighted by Gasteiger charge is 2.00. The number of aryl methyl sites for hydroxylation is 1. The minimum absolute atomic E-state index is 0.00692. The van der Waals surface area contributed by atoms with Crippen LogP contribution in [0, 0.1) is 12.3 Å². The second-order valence-electron chi connectivity index (χ2n) is 3.33. The van der Waals surface area contributed by atoms with Gasteiger partial charge in [0, 0.05) is 11.6 Å². The minimum Gasteiger partial charge on any atom is -0.382 e. The van der Waals surface area contributed by atoms with Crippen LogP contribution in [0.5, 0.6) is 0 Å². The molecule has 3 N–H and O–H groups in total. The summed E-state index contributed by atoms with van der Waals surface area (Å²) >= 11 is 0. The fraction of sp³-hybridized carbons (Fsp3) is 0.231. The summed E-state index contributed by atoms with van der Waals surface area (Å²) in [6.07, 6.45) is 1.75. The van der Waals surface area contributed by atoms with Gasteiger partial charge in [0.15, 0.2) is 0 Å². The lowest BCUT2D eigenvalue weighted by Crippen LogP contribution is -2.12. The van der Waals surface area contributed by atoms with E-state index in [4.69, 9.17) is 11.1 Å². The highest BCUT2D eigenvalue weighted by molar-refractivity contribution is 5.96. The molecule has 3 nitrogen and oxygen atoms in total. The predicted octanol–water partition coefficient (Wildman–Crippen LogP) is 2.85. The molecule has 3 heteroatoms. The molecule has 0 saturated heterocycles. The van der Waals surface area contributed by atoms with Crippen molar-refractivity contribution in [3.8, 4) is 0 Å². The van der Waals surface area contributed by atoms with E-state index in [0.29, 0.717) is 5.69 Å². The van der Waals surface area contributed by atoms with Crippen LogP contribution in [0.2, 0.25) is 0 Å². The Labute approximate surface area is 95.8 Å². The lowest BCUT2D eigenvalue weighted by Gasteiger charge is -2.01. The number of aromatic nitrogens is 1. The molecule has 0 atom stereocenters. The third kappa shape index (κ3) is 2.57.